The number of rotatable bonds is 5. The number of nitrogens with one attached hydrogen (secondary N) is 1. The Kier molecular flexibility index (Phi) is 5.90. The van der Waals surface area contributed by atoms with Crippen LogP contribution in [0.3, 0.4) is 0 Å². The van der Waals surface area contributed by atoms with Gasteiger partial charge in [-0.1, -0.05) is 0 Å². The van der Waals surface area contributed by atoms with Crippen LogP contribution >= 0.6 is 0 Å². The molecule has 2 aromatic carbocycles. The molecule has 0 saturated carbocycles. The molecule has 1 heterocycles. The fourth-order valence-corrected chi connectivity index (χ4v) is 2.65. The average molecular weight is 432 g/mol. The van der Waals surface area contributed by atoms with Gasteiger partial charge in [-0.3, -0.25) is 4.79 Å². The monoisotopic (exact) mass is 432 g/mol. The molecule has 1 amide bonds. The molecule has 0 saturated heterocycles. The second-order valence-corrected chi connectivity index (χ2v) is 6.32. The quantitative estimate of drug-likeness (QED) is 0.429. The number of carbonyl (C=O) groups excluding carboxylic acids is 1. The fourth-order valence-electron chi connectivity index (χ4n) is 2.65. The molecule has 30 heavy (non-hydrogen) atoms. The van der Waals surface area contributed by atoms with Gasteiger partial charge in [0.05, 0.1) is 17.3 Å². The zero-order chi connectivity index (χ0) is 21.9. The van der Waals surface area contributed by atoms with Crippen LogP contribution in [-0.2, 0) is 23.6 Å². The van der Waals surface area contributed by atoms with Gasteiger partial charge in [-0.15, -0.1) is 0 Å². The highest BCUT2D eigenvalue weighted by Gasteiger charge is 2.36. The summed E-state index contributed by atoms with van der Waals surface area (Å²) in [6, 6.07) is 6.16. The largest absolute Gasteiger partial charge is 0.454 e. The Morgan fingerprint density at radius 3 is 2.23 bits per heavy atom. The van der Waals surface area contributed by atoms with Crippen molar-refractivity contribution in [2.75, 3.05) is 6.79 Å². The zero-order valence-corrected chi connectivity index (χ0v) is 15.1. The highest BCUT2D eigenvalue weighted by atomic mass is 19.4. The number of amides is 1. The van der Waals surface area contributed by atoms with Crippen molar-refractivity contribution in [2.24, 2.45) is 5.10 Å². The van der Waals surface area contributed by atoms with Gasteiger partial charge in [-0.2, -0.15) is 31.4 Å². The second-order valence-electron chi connectivity index (χ2n) is 6.32. The lowest BCUT2D eigenvalue weighted by Gasteiger charge is -2.14. The number of hydrogen-bond acceptors (Lipinski definition) is 4. The van der Waals surface area contributed by atoms with Crippen molar-refractivity contribution in [3.05, 3.63) is 58.7 Å². The van der Waals surface area contributed by atoms with Crippen molar-refractivity contribution in [1.29, 1.82) is 0 Å². The number of carbonyl (C=O) groups is 1. The molecule has 3 rings (SSSR count). The van der Waals surface area contributed by atoms with Gasteiger partial charge in [-0.05, 0) is 53.9 Å². The minimum absolute atomic E-state index is 0.0409. The van der Waals surface area contributed by atoms with Crippen LogP contribution in [0.15, 0.2) is 41.5 Å². The summed E-state index contributed by atoms with van der Waals surface area (Å²) < 4.78 is 87.5. The minimum Gasteiger partial charge on any atom is -0.454 e. The highest BCUT2D eigenvalue weighted by Crippen LogP contribution is 2.36. The number of ether oxygens (including phenoxy) is 2. The summed E-state index contributed by atoms with van der Waals surface area (Å²) in [7, 11) is 0. The molecule has 0 aromatic heterocycles. The lowest BCUT2D eigenvalue weighted by molar-refractivity contribution is -0.143. The van der Waals surface area contributed by atoms with E-state index in [4.69, 9.17) is 9.47 Å². The molecule has 5 nitrogen and oxygen atoms in total. The van der Waals surface area contributed by atoms with Crippen LogP contribution in [-0.4, -0.2) is 18.9 Å². The zero-order valence-electron chi connectivity index (χ0n) is 15.1. The topological polar surface area (TPSA) is 59.9 Å². The molecule has 0 radical (unpaired) electrons. The predicted octanol–water partition coefficient (Wildman–Crippen LogP) is 4.54. The van der Waals surface area contributed by atoms with E-state index in [2.05, 4.69) is 10.5 Å². The summed E-state index contributed by atoms with van der Waals surface area (Å²) in [5.41, 5.74) is -0.340. The van der Waals surface area contributed by atoms with Crippen LogP contribution < -0.4 is 14.9 Å². The van der Waals surface area contributed by atoms with E-state index < -0.39 is 29.4 Å². The van der Waals surface area contributed by atoms with E-state index in [-0.39, 0.29) is 31.3 Å². The average Bonchev–Trinajstić information content (AvgIpc) is 3.12. The Balaban J connectivity index is 1.61. The van der Waals surface area contributed by atoms with Crippen LogP contribution in [0.1, 0.15) is 28.7 Å². The third-order valence-corrected chi connectivity index (χ3v) is 4.09. The Labute approximate surface area is 166 Å². The number of aryl methyl sites for hydroxylation is 1. The van der Waals surface area contributed by atoms with Crippen molar-refractivity contribution in [3.8, 4) is 11.5 Å². The first-order valence-corrected chi connectivity index (χ1v) is 8.52. The van der Waals surface area contributed by atoms with E-state index in [1.165, 1.54) is 6.21 Å². The molecule has 1 aliphatic rings. The Bertz CT molecular complexity index is 937. The van der Waals surface area contributed by atoms with Gasteiger partial charge in [0.25, 0.3) is 0 Å². The third-order valence-electron chi connectivity index (χ3n) is 4.09. The first-order chi connectivity index (χ1) is 14.0. The molecule has 0 unspecified atom stereocenters. The lowest BCUT2D eigenvalue weighted by Crippen LogP contribution is -2.18. The van der Waals surface area contributed by atoms with Gasteiger partial charge >= 0.3 is 12.4 Å². The van der Waals surface area contributed by atoms with Crippen molar-refractivity contribution in [2.45, 2.75) is 25.2 Å². The maximum atomic E-state index is 12.9. The molecule has 0 aliphatic carbocycles. The maximum absolute atomic E-state index is 12.9. The molecule has 0 bridgehead atoms. The van der Waals surface area contributed by atoms with E-state index in [1.807, 2.05) is 0 Å². The van der Waals surface area contributed by atoms with Crippen LogP contribution in [0, 0.1) is 0 Å². The Morgan fingerprint density at radius 1 is 0.967 bits per heavy atom. The molecule has 0 spiro atoms. The van der Waals surface area contributed by atoms with Gasteiger partial charge in [0.1, 0.15) is 0 Å². The van der Waals surface area contributed by atoms with E-state index >= 15 is 0 Å². The number of alkyl halides is 6. The van der Waals surface area contributed by atoms with Crippen molar-refractivity contribution in [3.63, 3.8) is 0 Å². The standard InChI is InChI=1S/C19H14F6N2O3/c20-18(21,22)13-5-11(6-14(8-13)19(23,24)25)2-4-17(28)27-26-9-12-1-3-15-16(7-12)30-10-29-15/h1,3,5-9H,2,4,10H2,(H,27,28). The summed E-state index contributed by atoms with van der Waals surface area (Å²) in [5, 5.41) is 3.71. The van der Waals surface area contributed by atoms with Crippen molar-refractivity contribution >= 4 is 12.1 Å². The number of halogens is 6. The summed E-state index contributed by atoms with van der Waals surface area (Å²) in [6.45, 7) is 0.0955. The normalized spacial score (nSPS) is 13.7. The highest BCUT2D eigenvalue weighted by molar-refractivity contribution is 5.83. The number of hydrogen-bond donors (Lipinski definition) is 1. The van der Waals surface area contributed by atoms with Crippen LogP contribution in [0.4, 0.5) is 26.3 Å². The molecule has 11 heteroatoms. The van der Waals surface area contributed by atoms with Gasteiger partial charge < -0.3 is 9.47 Å². The van der Waals surface area contributed by atoms with Crippen molar-refractivity contribution in [1.82, 2.24) is 5.43 Å². The summed E-state index contributed by atoms with van der Waals surface area (Å²) in [4.78, 5) is 11.8. The van der Waals surface area contributed by atoms with E-state index in [0.29, 0.717) is 29.2 Å². The molecule has 1 aliphatic heterocycles. The van der Waals surface area contributed by atoms with Crippen LogP contribution in [0.25, 0.3) is 0 Å². The SMILES string of the molecule is O=C(CCc1cc(C(F)(F)F)cc(C(F)(F)F)c1)NN=Cc1ccc2c(c1)OCO2. The fraction of sp³-hybridized carbons (Fsp3) is 0.263. The number of nitrogens with zero attached hydrogens (tertiary/aromatic N) is 1. The summed E-state index contributed by atoms with van der Waals surface area (Å²) >= 11 is 0. The molecule has 160 valence electrons. The number of hydrazone groups is 1. The minimum atomic E-state index is -4.94. The molecular formula is C19H14F6N2O3. The smallest absolute Gasteiger partial charge is 0.416 e. The number of fused-ring (bicyclic) bond motifs is 1. The van der Waals surface area contributed by atoms with E-state index in [1.54, 1.807) is 18.2 Å². The first-order valence-electron chi connectivity index (χ1n) is 8.52. The maximum Gasteiger partial charge on any atom is 0.416 e. The van der Waals surface area contributed by atoms with Gasteiger partial charge in [0.15, 0.2) is 11.5 Å². The second kappa shape index (κ2) is 8.25. The van der Waals surface area contributed by atoms with Crippen molar-refractivity contribution < 1.29 is 40.6 Å². The Morgan fingerprint density at radius 2 is 1.60 bits per heavy atom. The van der Waals surface area contributed by atoms with Crippen LogP contribution in [0.5, 0.6) is 11.5 Å². The van der Waals surface area contributed by atoms with Crippen LogP contribution in [0.2, 0.25) is 0 Å². The van der Waals surface area contributed by atoms with Gasteiger partial charge in [0, 0.05) is 6.42 Å². The number of benzene rings is 2. The van der Waals surface area contributed by atoms with E-state index in [9.17, 15) is 31.1 Å². The van der Waals surface area contributed by atoms with Gasteiger partial charge in [-0.25, -0.2) is 5.43 Å². The van der Waals surface area contributed by atoms with E-state index in [0.717, 1.165) is 0 Å². The molecule has 0 atom stereocenters. The lowest BCUT2D eigenvalue weighted by atomic mass is 10.0. The molecule has 1 N–H and O–H groups in total. The Hall–Kier alpha value is -3.24. The molecule has 0 fully saturated rings. The summed E-state index contributed by atoms with van der Waals surface area (Å²) in [6.07, 6.45) is -9.23. The predicted molar refractivity (Wildman–Crippen MR) is 93.1 cm³/mol. The molecule has 2 aromatic rings. The summed E-state index contributed by atoms with van der Waals surface area (Å²) in [5.74, 6) is 0.406. The van der Waals surface area contributed by atoms with Gasteiger partial charge in [0.2, 0.25) is 12.7 Å². The third kappa shape index (κ3) is 5.43. The molecular weight excluding hydrogens is 418 g/mol. The first kappa shape index (κ1) is 21.5.